The summed E-state index contributed by atoms with van der Waals surface area (Å²) in [7, 11) is -2.34. The smallest absolute Gasteiger partial charge is 0.256 e. The lowest BCUT2D eigenvalue weighted by molar-refractivity contribution is 0.402. The molecule has 0 saturated heterocycles. The van der Waals surface area contributed by atoms with Crippen LogP contribution in [0.3, 0.4) is 0 Å². The molecule has 0 saturated carbocycles. The number of nitrogens with one attached hydrogen (secondary N) is 1. The Morgan fingerprint density at radius 3 is 2.59 bits per heavy atom. The van der Waals surface area contributed by atoms with E-state index in [0.29, 0.717) is 6.42 Å². The maximum Gasteiger partial charge on any atom is 0.256 e. The van der Waals surface area contributed by atoms with E-state index in [0.717, 1.165) is 5.56 Å². The molecule has 5 N–H and O–H groups in total. The van der Waals surface area contributed by atoms with Crippen LogP contribution in [0, 0.1) is 0 Å². The standard InChI is InChI=1S/C10H17N3O3S/c1-7(11)5-8-3-4-9(16-2)10(6-8)17(14,15)13-12/h3-4,6-7,13H,5,11-12H2,1-2H3. The van der Waals surface area contributed by atoms with Gasteiger partial charge >= 0.3 is 0 Å². The number of ether oxygens (including phenoxy) is 1. The van der Waals surface area contributed by atoms with Gasteiger partial charge in [0, 0.05) is 6.04 Å². The van der Waals surface area contributed by atoms with Gasteiger partial charge < -0.3 is 10.5 Å². The Hall–Kier alpha value is -1.15. The average Bonchev–Trinajstić information content (AvgIpc) is 2.28. The lowest BCUT2D eigenvalue weighted by Gasteiger charge is -2.11. The monoisotopic (exact) mass is 259 g/mol. The number of rotatable bonds is 5. The molecule has 0 radical (unpaired) electrons. The summed E-state index contributed by atoms with van der Waals surface area (Å²) in [6, 6.07) is 4.82. The van der Waals surface area contributed by atoms with Crippen molar-refractivity contribution in [3.63, 3.8) is 0 Å². The van der Waals surface area contributed by atoms with Gasteiger partial charge in [0.1, 0.15) is 10.6 Å². The number of hydrazine groups is 1. The third-order valence-corrected chi connectivity index (χ3v) is 3.44. The van der Waals surface area contributed by atoms with Crippen LogP contribution in [0.4, 0.5) is 0 Å². The zero-order valence-corrected chi connectivity index (χ0v) is 10.6. The molecule has 6 nitrogen and oxygen atoms in total. The lowest BCUT2D eigenvalue weighted by Crippen LogP contribution is -2.30. The third kappa shape index (κ3) is 3.40. The van der Waals surface area contributed by atoms with E-state index in [1.807, 2.05) is 6.92 Å². The van der Waals surface area contributed by atoms with E-state index in [2.05, 4.69) is 0 Å². The lowest BCUT2D eigenvalue weighted by atomic mass is 10.1. The van der Waals surface area contributed by atoms with E-state index in [4.69, 9.17) is 16.3 Å². The van der Waals surface area contributed by atoms with Crippen molar-refractivity contribution in [3.05, 3.63) is 23.8 Å². The molecule has 1 unspecified atom stereocenters. The highest BCUT2D eigenvalue weighted by Gasteiger charge is 2.18. The quantitative estimate of drug-likeness (QED) is 0.498. The highest BCUT2D eigenvalue weighted by Crippen LogP contribution is 2.24. The van der Waals surface area contributed by atoms with Gasteiger partial charge in [-0.25, -0.2) is 8.42 Å². The normalized spacial score (nSPS) is 13.4. The van der Waals surface area contributed by atoms with Crippen LogP contribution in [0.15, 0.2) is 23.1 Å². The van der Waals surface area contributed by atoms with E-state index < -0.39 is 10.0 Å². The summed E-state index contributed by atoms with van der Waals surface area (Å²) in [5, 5.41) is 0. The van der Waals surface area contributed by atoms with E-state index in [9.17, 15) is 8.42 Å². The van der Waals surface area contributed by atoms with Gasteiger partial charge in [0.25, 0.3) is 10.0 Å². The second-order valence-electron chi connectivity index (χ2n) is 3.79. The number of benzene rings is 1. The number of methoxy groups -OCH3 is 1. The summed E-state index contributed by atoms with van der Waals surface area (Å²) in [6.45, 7) is 1.85. The van der Waals surface area contributed by atoms with Crippen LogP contribution in [0.1, 0.15) is 12.5 Å². The van der Waals surface area contributed by atoms with E-state index in [-0.39, 0.29) is 16.7 Å². The summed E-state index contributed by atoms with van der Waals surface area (Å²) < 4.78 is 28.3. The third-order valence-electron chi connectivity index (χ3n) is 2.23. The second kappa shape index (κ2) is 5.46. The van der Waals surface area contributed by atoms with Gasteiger partial charge in [-0.1, -0.05) is 6.07 Å². The first-order valence-electron chi connectivity index (χ1n) is 5.05. The van der Waals surface area contributed by atoms with Crippen LogP contribution >= 0.6 is 0 Å². The number of sulfonamides is 1. The Morgan fingerprint density at radius 1 is 1.47 bits per heavy atom. The first kappa shape index (κ1) is 13.9. The van der Waals surface area contributed by atoms with Crippen molar-refractivity contribution in [2.75, 3.05) is 7.11 Å². The fourth-order valence-corrected chi connectivity index (χ4v) is 2.34. The molecule has 0 aromatic heterocycles. The molecule has 0 aliphatic carbocycles. The topological polar surface area (TPSA) is 107 Å². The van der Waals surface area contributed by atoms with Gasteiger partial charge in [-0.05, 0) is 31.0 Å². The molecular formula is C10H17N3O3S. The van der Waals surface area contributed by atoms with Gasteiger partial charge in [-0.15, -0.1) is 4.83 Å². The number of hydrogen-bond donors (Lipinski definition) is 3. The summed E-state index contributed by atoms with van der Waals surface area (Å²) in [5.41, 5.74) is 6.48. The summed E-state index contributed by atoms with van der Waals surface area (Å²) in [6.07, 6.45) is 0.580. The number of nitrogens with two attached hydrogens (primary N) is 2. The van der Waals surface area contributed by atoms with Crippen molar-refractivity contribution in [1.82, 2.24) is 4.83 Å². The fraction of sp³-hybridized carbons (Fsp3) is 0.400. The molecule has 0 fully saturated rings. The van der Waals surface area contributed by atoms with Crippen LogP contribution in [-0.4, -0.2) is 21.6 Å². The predicted molar refractivity (Wildman–Crippen MR) is 64.9 cm³/mol. The maximum absolute atomic E-state index is 11.7. The Morgan fingerprint density at radius 2 is 2.12 bits per heavy atom. The maximum atomic E-state index is 11.7. The molecule has 0 aliphatic heterocycles. The minimum atomic E-state index is -3.74. The first-order valence-corrected chi connectivity index (χ1v) is 6.54. The minimum absolute atomic E-state index is 0.0145. The Balaban J connectivity index is 3.25. The molecule has 1 rings (SSSR count). The molecule has 96 valence electrons. The molecule has 0 aliphatic rings. The molecule has 0 amide bonds. The van der Waals surface area contributed by atoms with Crippen LogP contribution in [0.2, 0.25) is 0 Å². The van der Waals surface area contributed by atoms with Crippen LogP contribution in [-0.2, 0) is 16.4 Å². The Kier molecular flexibility index (Phi) is 4.47. The fourth-order valence-electron chi connectivity index (χ4n) is 1.49. The first-order chi connectivity index (χ1) is 7.90. The van der Waals surface area contributed by atoms with E-state index in [1.165, 1.54) is 13.2 Å². The summed E-state index contributed by atoms with van der Waals surface area (Å²) in [5.74, 6) is 5.24. The second-order valence-corrected chi connectivity index (χ2v) is 5.47. The van der Waals surface area contributed by atoms with Gasteiger partial charge in [0.2, 0.25) is 0 Å². The summed E-state index contributed by atoms with van der Waals surface area (Å²) in [4.78, 5) is 1.79. The van der Waals surface area contributed by atoms with Gasteiger partial charge in [-0.3, -0.25) is 5.84 Å². The van der Waals surface area contributed by atoms with Crippen LogP contribution < -0.4 is 21.1 Å². The van der Waals surface area contributed by atoms with Crippen LogP contribution in [0.25, 0.3) is 0 Å². The Bertz CT molecular complexity index is 486. The highest BCUT2D eigenvalue weighted by atomic mass is 32.2. The molecule has 17 heavy (non-hydrogen) atoms. The molecule has 0 bridgehead atoms. The van der Waals surface area contributed by atoms with Crippen LogP contribution in [0.5, 0.6) is 5.75 Å². The van der Waals surface area contributed by atoms with Crippen molar-refractivity contribution in [2.24, 2.45) is 11.6 Å². The van der Waals surface area contributed by atoms with Gasteiger partial charge in [0.05, 0.1) is 7.11 Å². The molecular weight excluding hydrogens is 242 g/mol. The van der Waals surface area contributed by atoms with E-state index >= 15 is 0 Å². The van der Waals surface area contributed by atoms with E-state index in [1.54, 1.807) is 17.0 Å². The molecule has 1 aromatic carbocycles. The summed E-state index contributed by atoms with van der Waals surface area (Å²) >= 11 is 0. The largest absolute Gasteiger partial charge is 0.495 e. The minimum Gasteiger partial charge on any atom is -0.495 e. The van der Waals surface area contributed by atoms with Crippen molar-refractivity contribution >= 4 is 10.0 Å². The van der Waals surface area contributed by atoms with Crippen molar-refractivity contribution < 1.29 is 13.2 Å². The van der Waals surface area contributed by atoms with Crippen molar-refractivity contribution in [1.29, 1.82) is 0 Å². The Labute approximate surface area is 101 Å². The zero-order valence-electron chi connectivity index (χ0n) is 9.80. The molecule has 7 heteroatoms. The average molecular weight is 259 g/mol. The SMILES string of the molecule is COc1ccc(CC(C)N)cc1S(=O)(=O)NN. The molecule has 1 aromatic rings. The molecule has 0 heterocycles. The van der Waals surface area contributed by atoms with Crippen molar-refractivity contribution in [2.45, 2.75) is 24.3 Å². The predicted octanol–water partition coefficient (Wildman–Crippen LogP) is -0.263. The number of hydrogen-bond acceptors (Lipinski definition) is 5. The highest BCUT2D eigenvalue weighted by molar-refractivity contribution is 7.89. The van der Waals surface area contributed by atoms with Crippen molar-refractivity contribution in [3.8, 4) is 5.75 Å². The zero-order chi connectivity index (χ0) is 13.1. The van der Waals surface area contributed by atoms with Gasteiger partial charge in [0.15, 0.2) is 0 Å². The molecule has 1 atom stereocenters. The molecule has 0 spiro atoms. The van der Waals surface area contributed by atoms with Gasteiger partial charge in [-0.2, -0.15) is 0 Å².